The molecule has 0 aliphatic carbocycles. The molecule has 3 aromatic carbocycles. The van der Waals surface area contributed by atoms with E-state index in [9.17, 15) is 9.59 Å². The fraction of sp³-hybridized carbons (Fsp3) is 0. The lowest BCUT2D eigenvalue weighted by molar-refractivity contribution is 1.49. The molecule has 0 saturated carbocycles. The number of hydrogen-bond donors (Lipinski definition) is 0. The molecule has 0 N–H and O–H groups in total. The van der Waals surface area contributed by atoms with Crippen molar-refractivity contribution in [1.29, 1.82) is 0 Å². The van der Waals surface area contributed by atoms with Gasteiger partial charge in [-0.05, 0) is 12.1 Å². The van der Waals surface area contributed by atoms with E-state index in [-0.39, 0.29) is 10.9 Å². The molecule has 0 saturated heterocycles. The van der Waals surface area contributed by atoms with Gasteiger partial charge in [0.1, 0.15) is 11.0 Å². The second kappa shape index (κ2) is 3.28. The first-order chi connectivity index (χ1) is 9.75. The van der Waals surface area contributed by atoms with Crippen LogP contribution in [0.2, 0.25) is 0 Å². The minimum Gasteiger partial charge on any atom is -0.287 e. The van der Waals surface area contributed by atoms with Crippen molar-refractivity contribution in [3.05, 3.63) is 43.6 Å². The molecule has 5 rings (SSSR count). The lowest BCUT2D eigenvalue weighted by atomic mass is 10.1. The molecule has 0 aliphatic heterocycles. The third-order valence-electron chi connectivity index (χ3n) is 3.70. The van der Waals surface area contributed by atoms with Gasteiger partial charge in [0.15, 0.2) is 0 Å². The number of fused-ring (bicyclic) bond motifs is 6. The van der Waals surface area contributed by atoms with Gasteiger partial charge in [-0.25, -0.2) is 9.97 Å². The van der Waals surface area contributed by atoms with Gasteiger partial charge in [-0.15, -0.1) is 22.7 Å². The van der Waals surface area contributed by atoms with Crippen LogP contribution in [0.25, 0.3) is 42.0 Å². The summed E-state index contributed by atoms with van der Waals surface area (Å²) in [6.45, 7) is 0. The number of benzene rings is 1. The number of aromatic nitrogens is 2. The van der Waals surface area contributed by atoms with Crippen molar-refractivity contribution in [2.75, 3.05) is 0 Å². The summed E-state index contributed by atoms with van der Waals surface area (Å²) in [6, 6.07) is 3.65. The predicted octanol–water partition coefficient (Wildman–Crippen LogP) is 2.81. The fourth-order valence-corrected chi connectivity index (χ4v) is 4.44. The third-order valence-corrected chi connectivity index (χ3v) is 5.42. The van der Waals surface area contributed by atoms with Crippen molar-refractivity contribution in [3.63, 3.8) is 0 Å². The Balaban J connectivity index is 2.20. The van der Waals surface area contributed by atoms with E-state index in [1.165, 1.54) is 22.7 Å². The van der Waals surface area contributed by atoms with Crippen LogP contribution in [0.15, 0.2) is 32.7 Å². The van der Waals surface area contributed by atoms with E-state index in [2.05, 4.69) is 9.97 Å². The van der Waals surface area contributed by atoms with Gasteiger partial charge < -0.3 is 0 Å². The number of rotatable bonds is 0. The highest BCUT2D eigenvalue weighted by Gasteiger charge is 2.18. The molecule has 2 heterocycles. The zero-order valence-corrected chi connectivity index (χ0v) is 11.5. The summed E-state index contributed by atoms with van der Waals surface area (Å²) in [7, 11) is 0. The largest absolute Gasteiger partial charge is 0.287 e. The van der Waals surface area contributed by atoms with Crippen molar-refractivity contribution in [2.45, 2.75) is 0 Å². The lowest BCUT2D eigenvalue weighted by Crippen LogP contribution is -1.96. The topological polar surface area (TPSA) is 59.9 Å². The van der Waals surface area contributed by atoms with E-state index in [1.54, 1.807) is 11.0 Å². The standard InChI is InChI=1S/C14H4N2O2S2/c17-11-5-1-7-6(12(18)10-13(7)19-3-16-10)2-8(5)14-9(11)15-4-20-14/h1-4H. The summed E-state index contributed by atoms with van der Waals surface area (Å²) >= 11 is 2.87. The van der Waals surface area contributed by atoms with Crippen molar-refractivity contribution in [3.8, 4) is 0 Å². The summed E-state index contributed by atoms with van der Waals surface area (Å²) < 4.78 is 1.73. The summed E-state index contributed by atoms with van der Waals surface area (Å²) in [4.78, 5) is 32.9. The Morgan fingerprint density at radius 2 is 1.15 bits per heavy atom. The molecule has 0 spiro atoms. The van der Waals surface area contributed by atoms with Crippen LogP contribution in [0.4, 0.5) is 0 Å². The monoisotopic (exact) mass is 296 g/mol. The maximum Gasteiger partial charge on any atom is 0.213 e. The molecular weight excluding hydrogens is 292 g/mol. The molecule has 0 fully saturated rings. The summed E-state index contributed by atoms with van der Waals surface area (Å²) in [5.41, 5.74) is 4.24. The van der Waals surface area contributed by atoms with Gasteiger partial charge in [-0.3, -0.25) is 9.59 Å². The number of thiazole rings is 2. The Labute approximate surface area is 118 Å². The van der Waals surface area contributed by atoms with Crippen LogP contribution in [0, 0.1) is 0 Å². The zero-order valence-electron chi connectivity index (χ0n) is 9.84. The molecule has 5 aromatic rings. The van der Waals surface area contributed by atoms with E-state index in [1.807, 2.05) is 12.1 Å². The maximum absolute atomic E-state index is 12.3. The smallest absolute Gasteiger partial charge is 0.213 e. The van der Waals surface area contributed by atoms with Crippen LogP contribution in [0.3, 0.4) is 0 Å². The number of nitrogens with zero attached hydrogens (tertiary/aromatic N) is 2. The maximum atomic E-state index is 12.3. The second-order valence-electron chi connectivity index (χ2n) is 4.66. The van der Waals surface area contributed by atoms with Gasteiger partial charge in [0, 0.05) is 21.5 Å². The molecule has 6 heteroatoms. The third kappa shape index (κ3) is 1.04. The van der Waals surface area contributed by atoms with Gasteiger partial charge in [0.05, 0.1) is 20.4 Å². The Bertz CT molecular complexity index is 1140. The highest BCUT2D eigenvalue weighted by molar-refractivity contribution is 7.18. The molecule has 0 bridgehead atoms. The number of hydrogen-bond acceptors (Lipinski definition) is 6. The van der Waals surface area contributed by atoms with Gasteiger partial charge in [0.25, 0.3) is 0 Å². The van der Waals surface area contributed by atoms with Crippen LogP contribution in [0.1, 0.15) is 0 Å². The van der Waals surface area contributed by atoms with Crippen LogP contribution in [0.5, 0.6) is 0 Å². The van der Waals surface area contributed by atoms with E-state index in [0.29, 0.717) is 21.8 Å². The lowest BCUT2D eigenvalue weighted by Gasteiger charge is -1.91. The van der Waals surface area contributed by atoms with Crippen LogP contribution in [-0.2, 0) is 0 Å². The summed E-state index contributed by atoms with van der Waals surface area (Å²) in [5.74, 6) is 0. The normalized spacial score (nSPS) is 12.4. The first kappa shape index (κ1) is 10.6. The van der Waals surface area contributed by atoms with Crippen molar-refractivity contribution >= 4 is 64.7 Å². The van der Waals surface area contributed by atoms with Gasteiger partial charge in [-0.1, -0.05) is 0 Å². The van der Waals surface area contributed by atoms with Crippen molar-refractivity contribution < 1.29 is 0 Å². The minimum atomic E-state index is -0.0514. The highest BCUT2D eigenvalue weighted by atomic mass is 32.1. The van der Waals surface area contributed by atoms with Crippen LogP contribution in [-0.4, -0.2) is 9.97 Å². The van der Waals surface area contributed by atoms with E-state index >= 15 is 0 Å². The average molecular weight is 296 g/mol. The molecule has 0 radical (unpaired) electrons. The van der Waals surface area contributed by atoms with E-state index in [4.69, 9.17) is 0 Å². The SMILES string of the molecule is O=c1c2cc3c(cc2c2scnc12)c(=O)c1ncsc13. The van der Waals surface area contributed by atoms with Gasteiger partial charge in [0.2, 0.25) is 10.9 Å². The molecule has 20 heavy (non-hydrogen) atoms. The predicted molar refractivity (Wildman–Crippen MR) is 82.7 cm³/mol. The minimum absolute atomic E-state index is 0.0514. The van der Waals surface area contributed by atoms with Gasteiger partial charge >= 0.3 is 0 Å². The highest BCUT2D eigenvalue weighted by Crippen LogP contribution is 2.33. The summed E-state index contributed by atoms with van der Waals surface area (Å²) in [6.07, 6.45) is 0. The Kier molecular flexibility index (Phi) is 1.74. The van der Waals surface area contributed by atoms with Crippen LogP contribution >= 0.6 is 22.7 Å². The molecule has 0 amide bonds. The molecule has 94 valence electrons. The van der Waals surface area contributed by atoms with E-state index in [0.717, 1.165) is 20.2 Å². The quantitative estimate of drug-likeness (QED) is 0.441. The fourth-order valence-electron chi connectivity index (χ4n) is 2.80. The van der Waals surface area contributed by atoms with Gasteiger partial charge in [-0.2, -0.15) is 0 Å². The Morgan fingerprint density at radius 1 is 0.700 bits per heavy atom. The van der Waals surface area contributed by atoms with Crippen molar-refractivity contribution in [1.82, 2.24) is 9.97 Å². The molecule has 0 atom stereocenters. The molecule has 4 nitrogen and oxygen atoms in total. The van der Waals surface area contributed by atoms with Crippen molar-refractivity contribution in [2.24, 2.45) is 0 Å². The zero-order chi connectivity index (χ0) is 13.4. The van der Waals surface area contributed by atoms with Crippen LogP contribution < -0.4 is 10.9 Å². The molecule has 0 aliphatic rings. The Hall–Kier alpha value is -2.18. The van der Waals surface area contributed by atoms with E-state index < -0.39 is 0 Å². The summed E-state index contributed by atoms with van der Waals surface area (Å²) in [5, 5.41) is 2.95. The average Bonchev–Trinajstić information content (AvgIpc) is 3.17. The first-order valence-corrected chi connectivity index (χ1v) is 7.67. The molecule has 0 unspecified atom stereocenters. The Morgan fingerprint density at radius 3 is 1.60 bits per heavy atom. The second-order valence-corrected chi connectivity index (χ2v) is 6.37. The molecular formula is C14H4N2O2S2. The molecule has 2 aromatic heterocycles. The first-order valence-electron chi connectivity index (χ1n) is 5.91.